The van der Waals surface area contributed by atoms with Gasteiger partial charge in [0.1, 0.15) is 0 Å². The first-order chi connectivity index (χ1) is 10.2. The lowest BCUT2D eigenvalue weighted by atomic mass is 10.1. The summed E-state index contributed by atoms with van der Waals surface area (Å²) in [5.74, 6) is 0.287. The van der Waals surface area contributed by atoms with Crippen molar-refractivity contribution in [2.24, 2.45) is 0 Å². The fourth-order valence-electron chi connectivity index (χ4n) is 2.89. The van der Waals surface area contributed by atoms with E-state index in [1.54, 1.807) is 0 Å². The number of carbonyl (C=O) groups excluding carboxylic acids is 1. The van der Waals surface area contributed by atoms with Gasteiger partial charge in [0.05, 0.1) is 5.52 Å². The van der Waals surface area contributed by atoms with Crippen LogP contribution in [-0.2, 0) is 11.3 Å². The molecular formula is C17H21N3O. The summed E-state index contributed by atoms with van der Waals surface area (Å²) in [4.78, 5) is 18.1. The zero-order chi connectivity index (χ0) is 14.7. The van der Waals surface area contributed by atoms with Crippen molar-refractivity contribution in [2.45, 2.75) is 32.4 Å². The maximum atomic E-state index is 11.6. The zero-order valence-corrected chi connectivity index (χ0v) is 12.4. The molecule has 1 saturated heterocycles. The highest BCUT2D eigenvalue weighted by Crippen LogP contribution is 2.16. The van der Waals surface area contributed by atoms with Crippen molar-refractivity contribution in [3.63, 3.8) is 0 Å². The van der Waals surface area contributed by atoms with Gasteiger partial charge in [-0.2, -0.15) is 0 Å². The summed E-state index contributed by atoms with van der Waals surface area (Å²) in [5, 5.41) is 4.67. The van der Waals surface area contributed by atoms with Gasteiger partial charge in [0.15, 0.2) is 0 Å². The first-order valence-electron chi connectivity index (χ1n) is 7.58. The van der Waals surface area contributed by atoms with E-state index in [1.807, 2.05) is 17.2 Å². The van der Waals surface area contributed by atoms with Crippen molar-refractivity contribution in [1.82, 2.24) is 15.2 Å². The SMILES string of the molecule is CC(CN1CCCC1=O)NCc1cccc2cccnc12. The average molecular weight is 283 g/mol. The normalized spacial score (nSPS) is 16.6. The molecule has 1 aromatic carbocycles. The van der Waals surface area contributed by atoms with Gasteiger partial charge in [-0.3, -0.25) is 9.78 Å². The molecule has 0 saturated carbocycles. The van der Waals surface area contributed by atoms with Gasteiger partial charge in [0.25, 0.3) is 0 Å². The molecule has 0 bridgehead atoms. The molecule has 0 spiro atoms. The number of nitrogens with zero attached hydrogens (tertiary/aromatic N) is 2. The van der Waals surface area contributed by atoms with Crippen LogP contribution in [0.4, 0.5) is 0 Å². The van der Waals surface area contributed by atoms with Gasteiger partial charge in [-0.15, -0.1) is 0 Å². The number of para-hydroxylation sites is 1. The molecule has 1 unspecified atom stereocenters. The van der Waals surface area contributed by atoms with Crippen LogP contribution < -0.4 is 5.32 Å². The molecule has 21 heavy (non-hydrogen) atoms. The van der Waals surface area contributed by atoms with E-state index in [1.165, 1.54) is 10.9 Å². The molecular weight excluding hydrogens is 262 g/mol. The number of amides is 1. The van der Waals surface area contributed by atoms with Crippen LogP contribution in [0.3, 0.4) is 0 Å². The van der Waals surface area contributed by atoms with Crippen LogP contribution in [0, 0.1) is 0 Å². The molecule has 3 rings (SSSR count). The summed E-state index contributed by atoms with van der Waals surface area (Å²) < 4.78 is 0. The van der Waals surface area contributed by atoms with Crippen molar-refractivity contribution >= 4 is 16.8 Å². The van der Waals surface area contributed by atoms with Gasteiger partial charge in [-0.05, 0) is 25.0 Å². The van der Waals surface area contributed by atoms with Crippen molar-refractivity contribution in [3.8, 4) is 0 Å². The third-order valence-corrected chi connectivity index (χ3v) is 4.02. The lowest BCUT2D eigenvalue weighted by Crippen LogP contribution is -2.39. The van der Waals surface area contributed by atoms with Crippen molar-refractivity contribution in [2.75, 3.05) is 13.1 Å². The van der Waals surface area contributed by atoms with Gasteiger partial charge in [0, 0.05) is 43.7 Å². The summed E-state index contributed by atoms with van der Waals surface area (Å²) in [6, 6.07) is 10.6. The van der Waals surface area contributed by atoms with Gasteiger partial charge >= 0.3 is 0 Å². The number of fused-ring (bicyclic) bond motifs is 1. The smallest absolute Gasteiger partial charge is 0.222 e. The second kappa shape index (κ2) is 6.22. The third-order valence-electron chi connectivity index (χ3n) is 4.02. The Balaban J connectivity index is 1.62. The Bertz CT molecular complexity index is 635. The van der Waals surface area contributed by atoms with Crippen LogP contribution >= 0.6 is 0 Å². The van der Waals surface area contributed by atoms with Gasteiger partial charge in [-0.25, -0.2) is 0 Å². The molecule has 1 aliphatic rings. The Morgan fingerprint density at radius 2 is 2.19 bits per heavy atom. The molecule has 1 N–H and O–H groups in total. The maximum Gasteiger partial charge on any atom is 0.222 e. The number of benzene rings is 1. The van der Waals surface area contributed by atoms with E-state index in [-0.39, 0.29) is 11.9 Å². The fraction of sp³-hybridized carbons (Fsp3) is 0.412. The van der Waals surface area contributed by atoms with E-state index in [4.69, 9.17) is 0 Å². The number of likely N-dealkylation sites (tertiary alicyclic amines) is 1. The lowest BCUT2D eigenvalue weighted by molar-refractivity contribution is -0.127. The predicted octanol–water partition coefficient (Wildman–Crippen LogP) is 2.34. The number of rotatable bonds is 5. The summed E-state index contributed by atoms with van der Waals surface area (Å²) >= 11 is 0. The summed E-state index contributed by atoms with van der Waals surface area (Å²) in [6.07, 6.45) is 3.54. The summed E-state index contributed by atoms with van der Waals surface area (Å²) in [6.45, 7) is 4.60. The number of pyridine rings is 1. The Morgan fingerprint density at radius 1 is 1.33 bits per heavy atom. The molecule has 1 aliphatic heterocycles. The molecule has 4 nitrogen and oxygen atoms in total. The lowest BCUT2D eigenvalue weighted by Gasteiger charge is -2.22. The molecule has 1 aromatic heterocycles. The number of hydrogen-bond donors (Lipinski definition) is 1. The topological polar surface area (TPSA) is 45.2 Å². The number of hydrogen-bond acceptors (Lipinski definition) is 3. The van der Waals surface area contributed by atoms with Crippen LogP contribution in [-0.4, -0.2) is 34.9 Å². The van der Waals surface area contributed by atoms with Crippen molar-refractivity contribution < 1.29 is 4.79 Å². The molecule has 0 aliphatic carbocycles. The Labute approximate surface area is 125 Å². The van der Waals surface area contributed by atoms with Gasteiger partial charge in [-0.1, -0.05) is 24.3 Å². The molecule has 0 radical (unpaired) electrons. The van der Waals surface area contributed by atoms with Gasteiger partial charge in [0.2, 0.25) is 5.91 Å². The zero-order valence-electron chi connectivity index (χ0n) is 12.4. The second-order valence-electron chi connectivity index (χ2n) is 5.72. The third kappa shape index (κ3) is 3.22. The molecule has 2 aromatic rings. The van der Waals surface area contributed by atoms with Crippen LogP contribution in [0.1, 0.15) is 25.3 Å². The molecule has 1 fully saturated rings. The van der Waals surface area contributed by atoms with E-state index in [2.05, 4.69) is 41.5 Å². The van der Waals surface area contributed by atoms with Crippen molar-refractivity contribution in [1.29, 1.82) is 0 Å². The number of aromatic nitrogens is 1. The van der Waals surface area contributed by atoms with Gasteiger partial charge < -0.3 is 10.2 Å². The Hall–Kier alpha value is -1.94. The Kier molecular flexibility index (Phi) is 4.15. The minimum atomic E-state index is 0.283. The predicted molar refractivity (Wildman–Crippen MR) is 83.9 cm³/mol. The van der Waals surface area contributed by atoms with E-state index >= 15 is 0 Å². The maximum absolute atomic E-state index is 11.6. The molecule has 110 valence electrons. The van der Waals surface area contributed by atoms with E-state index in [0.29, 0.717) is 6.42 Å². The van der Waals surface area contributed by atoms with Crippen LogP contribution in [0.5, 0.6) is 0 Å². The summed E-state index contributed by atoms with van der Waals surface area (Å²) in [7, 11) is 0. The largest absolute Gasteiger partial charge is 0.341 e. The first-order valence-corrected chi connectivity index (χ1v) is 7.58. The average Bonchev–Trinajstić information content (AvgIpc) is 2.90. The highest BCUT2D eigenvalue weighted by molar-refractivity contribution is 5.81. The standard InChI is InChI=1S/C17H21N3O/c1-13(12-20-10-4-8-16(20)21)19-11-15-6-2-5-14-7-3-9-18-17(14)15/h2-3,5-7,9,13,19H,4,8,10-12H2,1H3. The highest BCUT2D eigenvalue weighted by atomic mass is 16.2. The Morgan fingerprint density at radius 3 is 3.00 bits per heavy atom. The summed E-state index contributed by atoms with van der Waals surface area (Å²) in [5.41, 5.74) is 2.25. The van der Waals surface area contributed by atoms with E-state index in [9.17, 15) is 4.79 Å². The highest BCUT2D eigenvalue weighted by Gasteiger charge is 2.21. The number of nitrogens with one attached hydrogen (secondary N) is 1. The van der Waals surface area contributed by atoms with Crippen LogP contribution in [0.15, 0.2) is 36.5 Å². The first kappa shape index (κ1) is 14.0. The number of carbonyl (C=O) groups is 1. The second-order valence-corrected chi connectivity index (χ2v) is 5.72. The van der Waals surface area contributed by atoms with E-state index in [0.717, 1.165) is 31.6 Å². The molecule has 1 amide bonds. The molecule has 4 heteroatoms. The minimum absolute atomic E-state index is 0.283. The molecule has 1 atom stereocenters. The van der Waals surface area contributed by atoms with E-state index < -0.39 is 0 Å². The minimum Gasteiger partial charge on any atom is -0.341 e. The van der Waals surface area contributed by atoms with Crippen molar-refractivity contribution in [3.05, 3.63) is 42.1 Å². The quantitative estimate of drug-likeness (QED) is 0.916. The monoisotopic (exact) mass is 283 g/mol. The molecule has 2 heterocycles. The van der Waals surface area contributed by atoms with Crippen LogP contribution in [0.2, 0.25) is 0 Å². The fourth-order valence-corrected chi connectivity index (χ4v) is 2.89. The van der Waals surface area contributed by atoms with Crippen LogP contribution in [0.25, 0.3) is 10.9 Å².